The molecule has 0 amide bonds. The molecular formula is C14H29N3. The van der Waals surface area contributed by atoms with Crippen LogP contribution in [0, 0.1) is 0 Å². The van der Waals surface area contributed by atoms with Crippen LogP contribution < -0.4 is 5.73 Å². The van der Waals surface area contributed by atoms with E-state index in [-0.39, 0.29) is 0 Å². The standard InChI is InChI=1S/C14H29N3/c15-8-4-1-5-9-16-10-12-17(13-11-16)14-6-2-3-7-14/h14H,1-13,15H2. The van der Waals surface area contributed by atoms with Gasteiger partial charge >= 0.3 is 0 Å². The second-order valence-corrected chi connectivity index (χ2v) is 5.67. The summed E-state index contributed by atoms with van der Waals surface area (Å²) >= 11 is 0. The van der Waals surface area contributed by atoms with Crippen LogP contribution in [0.25, 0.3) is 0 Å². The Morgan fingerprint density at radius 3 is 2.24 bits per heavy atom. The molecule has 2 rings (SSSR count). The normalized spacial score (nSPS) is 24.5. The summed E-state index contributed by atoms with van der Waals surface area (Å²) in [7, 11) is 0. The fourth-order valence-corrected chi connectivity index (χ4v) is 3.28. The van der Waals surface area contributed by atoms with Crippen LogP contribution >= 0.6 is 0 Å². The van der Waals surface area contributed by atoms with E-state index >= 15 is 0 Å². The van der Waals surface area contributed by atoms with Gasteiger partial charge in [-0.1, -0.05) is 19.3 Å². The molecule has 1 heterocycles. The average molecular weight is 239 g/mol. The van der Waals surface area contributed by atoms with Crippen molar-refractivity contribution < 1.29 is 0 Å². The Kier molecular flexibility index (Phi) is 5.75. The van der Waals surface area contributed by atoms with E-state index in [9.17, 15) is 0 Å². The highest BCUT2D eigenvalue weighted by Crippen LogP contribution is 2.24. The number of unbranched alkanes of at least 4 members (excludes halogenated alkanes) is 2. The van der Waals surface area contributed by atoms with Gasteiger partial charge in [0.25, 0.3) is 0 Å². The molecule has 0 unspecified atom stereocenters. The second kappa shape index (κ2) is 7.34. The Morgan fingerprint density at radius 1 is 0.882 bits per heavy atom. The highest BCUT2D eigenvalue weighted by molar-refractivity contribution is 4.81. The molecule has 1 aliphatic carbocycles. The van der Waals surface area contributed by atoms with E-state index in [1.54, 1.807) is 0 Å². The van der Waals surface area contributed by atoms with Crippen LogP contribution in [0.2, 0.25) is 0 Å². The van der Waals surface area contributed by atoms with Gasteiger partial charge in [0.05, 0.1) is 0 Å². The third kappa shape index (κ3) is 4.23. The molecule has 0 spiro atoms. The van der Waals surface area contributed by atoms with Gasteiger partial charge < -0.3 is 10.6 Å². The van der Waals surface area contributed by atoms with Gasteiger partial charge in [-0.25, -0.2) is 0 Å². The van der Waals surface area contributed by atoms with Crippen LogP contribution in [0.1, 0.15) is 44.9 Å². The first-order valence-electron chi connectivity index (χ1n) is 7.56. The van der Waals surface area contributed by atoms with E-state index in [4.69, 9.17) is 5.73 Å². The fourth-order valence-electron chi connectivity index (χ4n) is 3.28. The number of piperazine rings is 1. The van der Waals surface area contributed by atoms with Crippen molar-refractivity contribution in [1.29, 1.82) is 0 Å². The number of nitrogens with zero attached hydrogens (tertiary/aromatic N) is 2. The molecule has 2 aliphatic rings. The monoisotopic (exact) mass is 239 g/mol. The van der Waals surface area contributed by atoms with Crippen LogP contribution in [-0.4, -0.2) is 55.1 Å². The Labute approximate surface area is 106 Å². The molecule has 0 aromatic carbocycles. The topological polar surface area (TPSA) is 32.5 Å². The Morgan fingerprint density at radius 2 is 1.59 bits per heavy atom. The third-order valence-electron chi connectivity index (χ3n) is 4.43. The van der Waals surface area contributed by atoms with Gasteiger partial charge in [0.2, 0.25) is 0 Å². The molecule has 0 bridgehead atoms. The molecule has 1 saturated heterocycles. The van der Waals surface area contributed by atoms with Crippen molar-refractivity contribution in [2.24, 2.45) is 5.73 Å². The quantitative estimate of drug-likeness (QED) is 0.716. The van der Waals surface area contributed by atoms with E-state index in [0.29, 0.717) is 0 Å². The first-order chi connectivity index (χ1) is 8.40. The maximum absolute atomic E-state index is 5.52. The summed E-state index contributed by atoms with van der Waals surface area (Å²) < 4.78 is 0. The smallest absolute Gasteiger partial charge is 0.0113 e. The Balaban J connectivity index is 1.57. The van der Waals surface area contributed by atoms with Crippen molar-refractivity contribution in [3.63, 3.8) is 0 Å². The zero-order valence-corrected chi connectivity index (χ0v) is 11.2. The summed E-state index contributed by atoms with van der Waals surface area (Å²) in [5, 5.41) is 0. The molecule has 2 fully saturated rings. The summed E-state index contributed by atoms with van der Waals surface area (Å²) in [5.41, 5.74) is 5.52. The summed E-state index contributed by atoms with van der Waals surface area (Å²) in [5.74, 6) is 0. The molecule has 2 N–H and O–H groups in total. The minimum absolute atomic E-state index is 0.857. The highest BCUT2D eigenvalue weighted by atomic mass is 15.3. The molecule has 1 aliphatic heterocycles. The molecule has 17 heavy (non-hydrogen) atoms. The molecule has 1 saturated carbocycles. The minimum atomic E-state index is 0.857. The lowest BCUT2D eigenvalue weighted by atomic mass is 10.1. The fraction of sp³-hybridized carbons (Fsp3) is 1.00. The van der Waals surface area contributed by atoms with E-state index < -0.39 is 0 Å². The lowest BCUT2D eigenvalue weighted by molar-refractivity contribution is 0.0968. The zero-order chi connectivity index (χ0) is 11.9. The molecule has 0 aromatic heterocycles. The molecular weight excluding hydrogens is 210 g/mol. The zero-order valence-electron chi connectivity index (χ0n) is 11.2. The minimum Gasteiger partial charge on any atom is -0.330 e. The molecule has 3 heteroatoms. The van der Waals surface area contributed by atoms with Gasteiger partial charge in [0, 0.05) is 32.2 Å². The average Bonchev–Trinajstić information content (AvgIpc) is 2.89. The van der Waals surface area contributed by atoms with Gasteiger partial charge in [0.15, 0.2) is 0 Å². The maximum Gasteiger partial charge on any atom is 0.0113 e. The van der Waals surface area contributed by atoms with Gasteiger partial charge in [-0.15, -0.1) is 0 Å². The summed E-state index contributed by atoms with van der Waals surface area (Å²) in [6.45, 7) is 7.34. The van der Waals surface area contributed by atoms with Crippen molar-refractivity contribution in [3.8, 4) is 0 Å². The van der Waals surface area contributed by atoms with Gasteiger partial charge in [-0.2, -0.15) is 0 Å². The predicted molar refractivity (Wildman–Crippen MR) is 73.2 cm³/mol. The van der Waals surface area contributed by atoms with Crippen LogP contribution in [0.15, 0.2) is 0 Å². The lowest BCUT2D eigenvalue weighted by Crippen LogP contribution is -2.49. The third-order valence-corrected chi connectivity index (χ3v) is 4.43. The lowest BCUT2D eigenvalue weighted by Gasteiger charge is -2.38. The van der Waals surface area contributed by atoms with E-state index in [0.717, 1.165) is 12.6 Å². The summed E-state index contributed by atoms with van der Waals surface area (Å²) in [6.07, 6.45) is 9.67. The summed E-state index contributed by atoms with van der Waals surface area (Å²) in [6, 6.07) is 0.925. The predicted octanol–water partition coefficient (Wildman–Crippen LogP) is 1.68. The molecule has 0 atom stereocenters. The van der Waals surface area contributed by atoms with Crippen LogP contribution in [0.4, 0.5) is 0 Å². The number of rotatable bonds is 6. The first-order valence-corrected chi connectivity index (χ1v) is 7.56. The Hall–Kier alpha value is -0.120. The van der Waals surface area contributed by atoms with Crippen molar-refractivity contribution >= 4 is 0 Å². The van der Waals surface area contributed by atoms with Crippen molar-refractivity contribution in [2.45, 2.75) is 51.0 Å². The molecule has 0 aromatic rings. The van der Waals surface area contributed by atoms with Crippen molar-refractivity contribution in [1.82, 2.24) is 9.80 Å². The SMILES string of the molecule is NCCCCCN1CCN(C2CCCC2)CC1. The Bertz CT molecular complexity index is 194. The maximum atomic E-state index is 5.52. The van der Waals surface area contributed by atoms with E-state index in [1.165, 1.54) is 77.7 Å². The van der Waals surface area contributed by atoms with E-state index in [2.05, 4.69) is 9.80 Å². The van der Waals surface area contributed by atoms with Crippen molar-refractivity contribution in [2.75, 3.05) is 39.3 Å². The van der Waals surface area contributed by atoms with Crippen LogP contribution in [0.3, 0.4) is 0 Å². The van der Waals surface area contributed by atoms with Gasteiger partial charge in [-0.3, -0.25) is 4.90 Å². The number of nitrogens with two attached hydrogens (primary N) is 1. The molecule has 0 radical (unpaired) electrons. The largest absolute Gasteiger partial charge is 0.330 e. The highest BCUT2D eigenvalue weighted by Gasteiger charge is 2.25. The van der Waals surface area contributed by atoms with Crippen LogP contribution in [-0.2, 0) is 0 Å². The van der Waals surface area contributed by atoms with Gasteiger partial charge in [-0.05, 0) is 38.8 Å². The first kappa shape index (κ1) is 13.3. The number of hydrogen-bond donors (Lipinski definition) is 1. The second-order valence-electron chi connectivity index (χ2n) is 5.67. The summed E-state index contributed by atoms with van der Waals surface area (Å²) in [4.78, 5) is 5.38. The van der Waals surface area contributed by atoms with Gasteiger partial charge in [0.1, 0.15) is 0 Å². The molecule has 100 valence electrons. The van der Waals surface area contributed by atoms with Crippen LogP contribution in [0.5, 0.6) is 0 Å². The number of hydrogen-bond acceptors (Lipinski definition) is 3. The molecule has 3 nitrogen and oxygen atoms in total. The van der Waals surface area contributed by atoms with Crippen molar-refractivity contribution in [3.05, 3.63) is 0 Å². The van der Waals surface area contributed by atoms with E-state index in [1.807, 2.05) is 0 Å².